The van der Waals surface area contributed by atoms with Gasteiger partial charge in [-0.05, 0) is 74.4 Å². The van der Waals surface area contributed by atoms with E-state index in [1.165, 1.54) is 12.1 Å². The molecule has 2 amide bonds. The van der Waals surface area contributed by atoms with E-state index in [1.807, 2.05) is 70.0 Å². The first-order valence-electron chi connectivity index (χ1n) is 19.7. The summed E-state index contributed by atoms with van der Waals surface area (Å²) in [6.45, 7) is 10.9. The predicted molar refractivity (Wildman–Crippen MR) is 213 cm³/mol. The summed E-state index contributed by atoms with van der Waals surface area (Å²) in [6, 6.07) is 14.4. The van der Waals surface area contributed by atoms with Crippen LogP contribution in [0.25, 0.3) is 0 Å². The fraction of sp³-hybridized carbons (Fsp3) is 0.558. The summed E-state index contributed by atoms with van der Waals surface area (Å²) in [7, 11) is 1.99. The number of aliphatic carboxylic acids is 1. The quantitative estimate of drug-likeness (QED) is 0.109. The fourth-order valence-corrected chi connectivity index (χ4v) is 8.32. The van der Waals surface area contributed by atoms with E-state index in [9.17, 15) is 33.8 Å². The Morgan fingerprint density at radius 3 is 2.31 bits per heavy atom. The van der Waals surface area contributed by atoms with Crippen molar-refractivity contribution in [2.75, 3.05) is 13.6 Å². The number of thiazole rings is 1. The van der Waals surface area contributed by atoms with Crippen LogP contribution in [0.5, 0.6) is 0 Å². The number of rotatable bonds is 20. The number of nitrogens with one attached hydrogen (secondary N) is 1. The molecule has 1 fully saturated rings. The van der Waals surface area contributed by atoms with Crippen molar-refractivity contribution in [3.8, 4) is 0 Å². The van der Waals surface area contributed by atoms with Crippen LogP contribution in [0.3, 0.4) is 0 Å². The van der Waals surface area contributed by atoms with Crippen molar-refractivity contribution in [2.45, 2.75) is 117 Å². The van der Waals surface area contributed by atoms with Crippen molar-refractivity contribution in [3.05, 3.63) is 87.6 Å². The van der Waals surface area contributed by atoms with Gasteiger partial charge in [0.15, 0.2) is 5.78 Å². The lowest BCUT2D eigenvalue weighted by molar-refractivity contribution is -0.145. The lowest BCUT2D eigenvalue weighted by Crippen LogP contribution is -2.49. The Kier molecular flexibility index (Phi) is 16.5. The van der Waals surface area contributed by atoms with E-state index in [1.54, 1.807) is 24.4 Å². The van der Waals surface area contributed by atoms with Crippen molar-refractivity contribution in [3.63, 3.8) is 0 Å². The number of aliphatic hydroxyl groups is 1. The number of carboxylic acids is 1. The molecule has 4 rings (SSSR count). The van der Waals surface area contributed by atoms with E-state index < -0.39 is 47.7 Å². The monoisotopic (exact) mass is 778 g/mol. The maximum Gasteiger partial charge on any atom is 0.306 e. The molecule has 3 N–H and O–H groups in total. The van der Waals surface area contributed by atoms with Gasteiger partial charge in [-0.1, -0.05) is 89.9 Å². The molecular formula is C43H59FN4O6S. The van der Waals surface area contributed by atoms with Gasteiger partial charge in [-0.3, -0.25) is 24.1 Å². The first kappa shape index (κ1) is 43.7. The van der Waals surface area contributed by atoms with Crippen LogP contribution in [0.1, 0.15) is 112 Å². The number of likely N-dealkylation sites (N-methyl/N-ethyl adjacent to an activating group) is 1. The number of nitrogens with zero attached hydrogens (tertiary/aromatic N) is 3. The molecule has 2 aromatic carbocycles. The SMILES string of the molecule is CC[C@H](C)[C@H](CC(=O)[C@H]1CCCCN1C)C(=O)N(Cc1ccccc1)[C@H](C[C@@H](O)c1nc(C(=O)N[C@@H](Cc2ccc(F)cc2)C[C@H](C)C(=O)O)cs1)C(C)C. The highest BCUT2D eigenvalue weighted by atomic mass is 32.1. The van der Waals surface area contributed by atoms with Gasteiger partial charge < -0.3 is 20.4 Å². The summed E-state index contributed by atoms with van der Waals surface area (Å²) in [5, 5.41) is 26.0. The van der Waals surface area contributed by atoms with E-state index in [2.05, 4.69) is 15.2 Å². The number of piperidine rings is 1. The zero-order valence-electron chi connectivity index (χ0n) is 33.1. The summed E-state index contributed by atoms with van der Waals surface area (Å²) in [5.74, 6) is -3.24. The number of ketones is 1. The lowest BCUT2D eigenvalue weighted by Gasteiger charge is -2.39. The molecule has 1 saturated heterocycles. The number of carbonyl (C=O) groups excluding carboxylic acids is 3. The van der Waals surface area contributed by atoms with Crippen LogP contribution in [0.2, 0.25) is 0 Å². The molecular weight excluding hydrogens is 720 g/mol. The summed E-state index contributed by atoms with van der Waals surface area (Å²) < 4.78 is 13.5. The van der Waals surface area contributed by atoms with Gasteiger partial charge in [0.05, 0.1) is 12.0 Å². The molecule has 3 aromatic rings. The van der Waals surface area contributed by atoms with Crippen LogP contribution < -0.4 is 5.32 Å². The predicted octanol–water partition coefficient (Wildman–Crippen LogP) is 7.32. The highest BCUT2D eigenvalue weighted by Gasteiger charge is 2.38. The zero-order valence-corrected chi connectivity index (χ0v) is 33.9. The average Bonchev–Trinajstić information content (AvgIpc) is 3.67. The fourth-order valence-electron chi connectivity index (χ4n) is 7.52. The number of amides is 2. The molecule has 300 valence electrons. The molecule has 1 aromatic heterocycles. The third-order valence-corrected chi connectivity index (χ3v) is 12.1. The number of carboxylic acid groups (broad SMARTS) is 1. The van der Waals surface area contributed by atoms with Gasteiger partial charge in [-0.15, -0.1) is 11.3 Å². The number of halogens is 1. The molecule has 2 heterocycles. The zero-order chi connectivity index (χ0) is 40.2. The molecule has 12 heteroatoms. The number of benzene rings is 2. The van der Waals surface area contributed by atoms with Gasteiger partial charge in [0.2, 0.25) is 5.91 Å². The second-order valence-corrected chi connectivity index (χ2v) is 16.6. The van der Waals surface area contributed by atoms with Crippen molar-refractivity contribution < 1.29 is 33.8 Å². The molecule has 0 bridgehead atoms. The lowest BCUT2D eigenvalue weighted by atomic mass is 9.82. The van der Waals surface area contributed by atoms with E-state index in [0.717, 1.165) is 54.7 Å². The molecule has 55 heavy (non-hydrogen) atoms. The number of hydrogen-bond acceptors (Lipinski definition) is 8. The van der Waals surface area contributed by atoms with E-state index in [4.69, 9.17) is 0 Å². The topological polar surface area (TPSA) is 140 Å². The van der Waals surface area contributed by atoms with E-state index in [-0.39, 0.29) is 54.5 Å². The standard InChI is InChI=1S/C43H59FN4O6S/c1-7-28(4)34(23-38(49)36-15-11-12-20-47(36)6)42(52)48(25-31-13-9-8-10-14-31)37(27(2)3)24-39(50)41-46-35(26-55-41)40(51)45-33(21-29(5)43(53)54)22-30-16-18-32(44)19-17-30/h8-10,13-14,16-19,26-29,33-34,36-37,39,50H,7,11-12,15,20-25H2,1-6H3,(H,45,51)(H,53,54)/t28-,29-,33+,34-,36+,37+,39+/m0/s1. The van der Waals surface area contributed by atoms with Crippen LogP contribution in [0.15, 0.2) is 60.0 Å². The first-order valence-corrected chi connectivity index (χ1v) is 20.5. The Hall–Kier alpha value is -4.00. The Labute approximate surface area is 329 Å². The minimum absolute atomic E-state index is 0.0354. The molecule has 7 atom stereocenters. The van der Waals surface area contributed by atoms with Gasteiger partial charge in [0.25, 0.3) is 5.91 Å². The number of Topliss-reactive ketones (excluding diaryl/α,β-unsaturated/α-hetero) is 1. The maximum atomic E-state index is 14.8. The highest BCUT2D eigenvalue weighted by Crippen LogP contribution is 2.33. The van der Waals surface area contributed by atoms with Crippen LogP contribution >= 0.6 is 11.3 Å². The smallest absolute Gasteiger partial charge is 0.306 e. The van der Waals surface area contributed by atoms with Gasteiger partial charge in [-0.2, -0.15) is 0 Å². The minimum Gasteiger partial charge on any atom is -0.481 e. The number of carbonyl (C=O) groups is 4. The number of likely N-dealkylation sites (tertiary alicyclic amines) is 1. The Bertz CT molecular complexity index is 1700. The Balaban J connectivity index is 1.56. The third kappa shape index (κ3) is 12.5. The summed E-state index contributed by atoms with van der Waals surface area (Å²) in [4.78, 5) is 62.2. The van der Waals surface area contributed by atoms with Gasteiger partial charge in [0, 0.05) is 42.8 Å². The summed E-state index contributed by atoms with van der Waals surface area (Å²) in [5.41, 5.74) is 1.78. The van der Waals surface area contributed by atoms with Crippen LogP contribution in [0, 0.1) is 29.5 Å². The maximum absolute atomic E-state index is 14.8. The average molecular weight is 779 g/mol. The highest BCUT2D eigenvalue weighted by molar-refractivity contribution is 7.09. The first-order chi connectivity index (χ1) is 26.2. The number of hydrogen-bond donors (Lipinski definition) is 3. The Morgan fingerprint density at radius 1 is 1.00 bits per heavy atom. The summed E-state index contributed by atoms with van der Waals surface area (Å²) in [6.07, 6.45) is 3.29. The van der Waals surface area contributed by atoms with Crippen LogP contribution in [-0.2, 0) is 27.3 Å². The summed E-state index contributed by atoms with van der Waals surface area (Å²) >= 11 is 1.14. The second kappa shape index (κ2) is 20.8. The van der Waals surface area contributed by atoms with Crippen molar-refractivity contribution in [2.24, 2.45) is 23.7 Å². The normalized spacial score (nSPS) is 18.2. The second-order valence-electron chi connectivity index (χ2n) is 15.7. The van der Waals surface area contributed by atoms with Gasteiger partial charge in [-0.25, -0.2) is 9.37 Å². The number of aliphatic hydroxyl groups excluding tert-OH is 1. The van der Waals surface area contributed by atoms with Gasteiger partial charge in [0.1, 0.15) is 22.6 Å². The van der Waals surface area contributed by atoms with Crippen molar-refractivity contribution in [1.82, 2.24) is 20.1 Å². The van der Waals surface area contributed by atoms with Crippen LogP contribution in [0.4, 0.5) is 4.39 Å². The molecule has 0 saturated carbocycles. The molecule has 0 radical (unpaired) electrons. The van der Waals surface area contributed by atoms with E-state index in [0.29, 0.717) is 18.0 Å². The molecule has 1 aliphatic rings. The number of aromatic nitrogens is 1. The minimum atomic E-state index is -1.09. The van der Waals surface area contributed by atoms with Gasteiger partial charge >= 0.3 is 5.97 Å². The largest absolute Gasteiger partial charge is 0.481 e. The molecule has 10 nitrogen and oxygen atoms in total. The van der Waals surface area contributed by atoms with E-state index >= 15 is 0 Å². The van der Waals surface area contributed by atoms with Crippen molar-refractivity contribution >= 4 is 34.9 Å². The molecule has 1 aliphatic heterocycles. The third-order valence-electron chi connectivity index (χ3n) is 11.2. The Morgan fingerprint density at radius 2 is 1.69 bits per heavy atom. The molecule has 0 unspecified atom stereocenters. The van der Waals surface area contributed by atoms with Crippen molar-refractivity contribution in [1.29, 1.82) is 0 Å². The molecule has 0 spiro atoms. The van der Waals surface area contributed by atoms with Crippen LogP contribution in [-0.4, -0.2) is 80.3 Å². The molecule has 0 aliphatic carbocycles.